The van der Waals surface area contributed by atoms with Gasteiger partial charge < -0.3 is 9.47 Å². The van der Waals surface area contributed by atoms with E-state index in [9.17, 15) is 13.2 Å². The van der Waals surface area contributed by atoms with Crippen LogP contribution in [0.3, 0.4) is 0 Å². The van der Waals surface area contributed by atoms with Gasteiger partial charge in [-0.15, -0.1) is 0 Å². The van der Waals surface area contributed by atoms with Gasteiger partial charge in [0.15, 0.2) is 17.2 Å². The van der Waals surface area contributed by atoms with E-state index < -0.39 is 11.9 Å². The molecule has 8 heteroatoms. The molecule has 0 aliphatic rings. The molecule has 0 aliphatic heterocycles. The molecule has 0 spiro atoms. The van der Waals surface area contributed by atoms with Crippen LogP contribution in [0.1, 0.15) is 11.4 Å². The van der Waals surface area contributed by atoms with Crippen LogP contribution in [0, 0.1) is 0 Å². The van der Waals surface area contributed by atoms with Crippen molar-refractivity contribution in [3.63, 3.8) is 0 Å². The van der Waals surface area contributed by atoms with Gasteiger partial charge in [0.05, 0.1) is 20.8 Å². The van der Waals surface area contributed by atoms with Crippen LogP contribution in [0.2, 0.25) is 0 Å². The van der Waals surface area contributed by atoms with Crippen molar-refractivity contribution in [1.29, 1.82) is 0 Å². The molecule has 0 saturated carbocycles. The minimum atomic E-state index is -4.46. The zero-order chi connectivity index (χ0) is 14.8. The van der Waals surface area contributed by atoms with E-state index in [-0.39, 0.29) is 6.54 Å². The van der Waals surface area contributed by atoms with Crippen LogP contribution >= 0.6 is 0 Å². The number of hydrogen-bond donors (Lipinski definition) is 0. The lowest BCUT2D eigenvalue weighted by Crippen LogP contribution is -2.10. The molecule has 2 rings (SSSR count). The van der Waals surface area contributed by atoms with E-state index in [2.05, 4.69) is 10.1 Å². The van der Waals surface area contributed by atoms with Crippen LogP contribution in [0.25, 0.3) is 0 Å². The third-order valence-electron chi connectivity index (χ3n) is 2.61. The van der Waals surface area contributed by atoms with E-state index in [1.807, 2.05) is 0 Å². The highest BCUT2D eigenvalue weighted by molar-refractivity contribution is 5.42. The Balaban J connectivity index is 2.28. The maximum atomic E-state index is 12.5. The van der Waals surface area contributed by atoms with Crippen molar-refractivity contribution < 1.29 is 22.6 Å². The number of pyridine rings is 1. The first-order valence-corrected chi connectivity index (χ1v) is 5.62. The summed E-state index contributed by atoms with van der Waals surface area (Å²) >= 11 is 0. The molecule has 0 saturated heterocycles. The summed E-state index contributed by atoms with van der Waals surface area (Å²) in [5.74, 6) is 0.833. The first-order valence-electron chi connectivity index (χ1n) is 5.62. The van der Waals surface area contributed by atoms with Gasteiger partial charge in [0.1, 0.15) is 5.69 Å². The van der Waals surface area contributed by atoms with E-state index in [1.165, 1.54) is 26.6 Å². The number of nitrogens with zero attached hydrogens (tertiary/aromatic N) is 3. The monoisotopic (exact) mass is 287 g/mol. The third-order valence-corrected chi connectivity index (χ3v) is 2.61. The van der Waals surface area contributed by atoms with Crippen LogP contribution in [0.15, 0.2) is 24.5 Å². The third kappa shape index (κ3) is 2.84. The van der Waals surface area contributed by atoms with Crippen LogP contribution in [0.5, 0.6) is 11.5 Å². The standard InChI is InChI=1S/C12H12F3N3O2/c1-19-9-3-5-16-8(11(9)20-2)7-18-6-4-10(17-18)12(13,14)15/h3-6H,7H2,1-2H3. The van der Waals surface area contributed by atoms with E-state index in [0.29, 0.717) is 17.2 Å². The zero-order valence-electron chi connectivity index (χ0n) is 10.8. The van der Waals surface area contributed by atoms with Crippen LogP contribution < -0.4 is 9.47 Å². The number of hydrogen-bond acceptors (Lipinski definition) is 4. The average Bonchev–Trinajstić information content (AvgIpc) is 2.87. The molecule has 0 atom stereocenters. The highest BCUT2D eigenvalue weighted by atomic mass is 19.4. The molecule has 0 aliphatic carbocycles. The normalized spacial score (nSPS) is 11.4. The summed E-state index contributed by atoms with van der Waals surface area (Å²) in [5.41, 5.74) is -0.511. The van der Waals surface area contributed by atoms with Crippen LogP contribution in [-0.2, 0) is 12.7 Å². The van der Waals surface area contributed by atoms with E-state index in [4.69, 9.17) is 9.47 Å². The fraction of sp³-hybridized carbons (Fsp3) is 0.333. The maximum absolute atomic E-state index is 12.5. The Labute approximate surface area is 112 Å². The Morgan fingerprint density at radius 1 is 1.20 bits per heavy atom. The van der Waals surface area contributed by atoms with E-state index in [1.54, 1.807) is 6.07 Å². The Kier molecular flexibility index (Phi) is 3.82. The predicted octanol–water partition coefficient (Wildman–Crippen LogP) is 2.36. The highest BCUT2D eigenvalue weighted by Gasteiger charge is 2.33. The van der Waals surface area contributed by atoms with Gasteiger partial charge in [-0.25, -0.2) is 0 Å². The van der Waals surface area contributed by atoms with Gasteiger partial charge >= 0.3 is 6.18 Å². The molecule has 0 aromatic carbocycles. The SMILES string of the molecule is COc1ccnc(Cn2ccc(C(F)(F)F)n2)c1OC. The van der Waals surface area contributed by atoms with Gasteiger partial charge in [0.2, 0.25) is 0 Å². The van der Waals surface area contributed by atoms with Crippen molar-refractivity contribution in [3.05, 3.63) is 35.9 Å². The lowest BCUT2D eigenvalue weighted by atomic mass is 10.3. The molecule has 0 radical (unpaired) electrons. The molecular weight excluding hydrogens is 275 g/mol. The summed E-state index contributed by atoms with van der Waals surface area (Å²) in [6, 6.07) is 2.51. The van der Waals surface area contributed by atoms with Crippen molar-refractivity contribution in [3.8, 4) is 11.5 Å². The summed E-state index contributed by atoms with van der Waals surface area (Å²) in [4.78, 5) is 4.08. The van der Waals surface area contributed by atoms with Gasteiger partial charge in [-0.05, 0) is 6.07 Å². The summed E-state index contributed by atoms with van der Waals surface area (Å²) in [5, 5.41) is 3.46. The number of methoxy groups -OCH3 is 2. The molecule has 5 nitrogen and oxygen atoms in total. The summed E-state index contributed by atoms with van der Waals surface area (Å²) in [6.07, 6.45) is -1.73. The van der Waals surface area contributed by atoms with Gasteiger partial charge in [-0.2, -0.15) is 18.3 Å². The second-order valence-electron chi connectivity index (χ2n) is 3.89. The Hall–Kier alpha value is -2.25. The minimum absolute atomic E-state index is 0.0520. The molecule has 0 fully saturated rings. The van der Waals surface area contributed by atoms with Gasteiger partial charge in [-0.1, -0.05) is 0 Å². The van der Waals surface area contributed by atoms with Gasteiger partial charge in [-0.3, -0.25) is 9.67 Å². The molecule has 0 bridgehead atoms. The molecule has 20 heavy (non-hydrogen) atoms. The van der Waals surface area contributed by atoms with Crippen molar-refractivity contribution in [2.45, 2.75) is 12.7 Å². The van der Waals surface area contributed by atoms with Crippen molar-refractivity contribution in [1.82, 2.24) is 14.8 Å². The molecule has 2 aromatic heterocycles. The lowest BCUT2D eigenvalue weighted by Gasteiger charge is -2.11. The maximum Gasteiger partial charge on any atom is 0.435 e. The van der Waals surface area contributed by atoms with Crippen LogP contribution in [0.4, 0.5) is 13.2 Å². The number of rotatable bonds is 4. The quantitative estimate of drug-likeness (QED) is 0.866. The Morgan fingerprint density at radius 3 is 2.50 bits per heavy atom. The van der Waals surface area contributed by atoms with E-state index >= 15 is 0 Å². The fourth-order valence-corrected chi connectivity index (χ4v) is 1.72. The summed E-state index contributed by atoms with van der Waals surface area (Å²) in [6.45, 7) is 0.0520. The molecule has 2 aromatic rings. The average molecular weight is 287 g/mol. The van der Waals surface area contributed by atoms with Crippen molar-refractivity contribution in [2.75, 3.05) is 14.2 Å². The highest BCUT2D eigenvalue weighted by Crippen LogP contribution is 2.30. The van der Waals surface area contributed by atoms with Gasteiger partial charge in [0, 0.05) is 18.5 Å². The fourth-order valence-electron chi connectivity index (χ4n) is 1.72. The molecule has 108 valence electrons. The number of halogens is 3. The molecule has 0 unspecified atom stereocenters. The second-order valence-corrected chi connectivity index (χ2v) is 3.89. The second kappa shape index (κ2) is 5.40. The molecular formula is C12H12F3N3O2. The Morgan fingerprint density at radius 2 is 1.95 bits per heavy atom. The zero-order valence-corrected chi connectivity index (χ0v) is 10.8. The Bertz CT molecular complexity index is 596. The lowest BCUT2D eigenvalue weighted by molar-refractivity contribution is -0.141. The number of ether oxygens (including phenoxy) is 2. The van der Waals surface area contributed by atoms with E-state index in [0.717, 1.165) is 10.7 Å². The largest absolute Gasteiger partial charge is 0.493 e. The first kappa shape index (κ1) is 14.2. The topological polar surface area (TPSA) is 49.2 Å². The van der Waals surface area contributed by atoms with Crippen molar-refractivity contribution in [2.24, 2.45) is 0 Å². The number of alkyl halides is 3. The predicted molar refractivity (Wildman–Crippen MR) is 63.7 cm³/mol. The number of aromatic nitrogens is 3. The first-order chi connectivity index (χ1) is 9.45. The van der Waals surface area contributed by atoms with Crippen molar-refractivity contribution >= 4 is 0 Å². The molecule has 2 heterocycles. The molecule has 0 N–H and O–H groups in total. The minimum Gasteiger partial charge on any atom is -0.493 e. The van der Waals surface area contributed by atoms with Gasteiger partial charge in [0.25, 0.3) is 0 Å². The summed E-state index contributed by atoms with van der Waals surface area (Å²) < 4.78 is 48.8. The van der Waals surface area contributed by atoms with Crippen LogP contribution in [-0.4, -0.2) is 29.0 Å². The summed E-state index contributed by atoms with van der Waals surface area (Å²) in [7, 11) is 2.91. The smallest absolute Gasteiger partial charge is 0.435 e. The molecule has 0 amide bonds.